The standard InChI is InChI=1S/C27H31N3O4/c31-23(18-28-13-10-20-6-2-3-7-22(20)17-28)19-30-14-15-34-25-16-21(8-9-24(25)27(30)33)26(32)29-11-4-1-5-12-29/h2-3,6-9,16H,1,4-5,10-15,17-19H2. The first-order valence-electron chi connectivity index (χ1n) is 12.2. The van der Waals surface area contributed by atoms with Crippen LogP contribution in [0.4, 0.5) is 0 Å². The van der Waals surface area contributed by atoms with Crippen LogP contribution in [0.15, 0.2) is 42.5 Å². The fraction of sp³-hybridized carbons (Fsp3) is 0.444. The summed E-state index contributed by atoms with van der Waals surface area (Å²) in [5, 5.41) is 0. The first-order valence-corrected chi connectivity index (χ1v) is 12.2. The van der Waals surface area contributed by atoms with Crippen molar-refractivity contribution in [1.82, 2.24) is 14.7 Å². The molecule has 0 N–H and O–H groups in total. The number of benzene rings is 2. The minimum Gasteiger partial charge on any atom is -0.491 e. The molecule has 0 atom stereocenters. The summed E-state index contributed by atoms with van der Waals surface area (Å²) in [5.41, 5.74) is 3.57. The van der Waals surface area contributed by atoms with Crippen LogP contribution < -0.4 is 4.74 Å². The van der Waals surface area contributed by atoms with Crippen molar-refractivity contribution in [3.05, 3.63) is 64.7 Å². The molecule has 1 saturated heterocycles. The number of amides is 2. The molecule has 5 rings (SSSR count). The van der Waals surface area contributed by atoms with Gasteiger partial charge in [-0.15, -0.1) is 0 Å². The lowest BCUT2D eigenvalue weighted by atomic mass is 10.00. The van der Waals surface area contributed by atoms with Gasteiger partial charge in [0, 0.05) is 31.7 Å². The summed E-state index contributed by atoms with van der Waals surface area (Å²) in [4.78, 5) is 44.5. The zero-order chi connectivity index (χ0) is 23.5. The number of rotatable bonds is 5. The van der Waals surface area contributed by atoms with Crippen LogP contribution in [-0.2, 0) is 17.8 Å². The van der Waals surface area contributed by atoms with E-state index in [9.17, 15) is 14.4 Å². The third-order valence-corrected chi connectivity index (χ3v) is 6.99. The molecule has 0 saturated carbocycles. The number of ether oxygens (including phenoxy) is 1. The number of ketones is 1. The van der Waals surface area contributed by atoms with Crippen LogP contribution >= 0.6 is 0 Å². The average Bonchev–Trinajstić information content (AvgIpc) is 3.02. The Morgan fingerprint density at radius 3 is 2.50 bits per heavy atom. The van der Waals surface area contributed by atoms with E-state index in [1.54, 1.807) is 23.1 Å². The summed E-state index contributed by atoms with van der Waals surface area (Å²) in [7, 11) is 0. The first-order chi connectivity index (χ1) is 16.6. The second kappa shape index (κ2) is 9.97. The van der Waals surface area contributed by atoms with Gasteiger partial charge < -0.3 is 14.5 Å². The molecule has 178 valence electrons. The molecule has 2 aromatic carbocycles. The molecule has 2 aromatic rings. The molecule has 0 unspecified atom stereocenters. The van der Waals surface area contributed by atoms with E-state index < -0.39 is 0 Å². The maximum Gasteiger partial charge on any atom is 0.258 e. The molecule has 0 bridgehead atoms. The van der Waals surface area contributed by atoms with Gasteiger partial charge in [-0.05, 0) is 55.0 Å². The van der Waals surface area contributed by atoms with E-state index in [-0.39, 0.29) is 24.1 Å². The zero-order valence-corrected chi connectivity index (χ0v) is 19.5. The largest absolute Gasteiger partial charge is 0.491 e. The molecule has 7 nitrogen and oxygen atoms in total. The highest BCUT2D eigenvalue weighted by Gasteiger charge is 2.28. The molecule has 7 heteroatoms. The lowest BCUT2D eigenvalue weighted by molar-refractivity contribution is -0.121. The van der Waals surface area contributed by atoms with Crippen molar-refractivity contribution < 1.29 is 19.1 Å². The molecule has 0 aliphatic carbocycles. The minimum absolute atomic E-state index is 0.0158. The van der Waals surface area contributed by atoms with Gasteiger partial charge in [0.2, 0.25) is 0 Å². The Labute approximate surface area is 200 Å². The number of piperidine rings is 1. The Kier molecular flexibility index (Phi) is 6.63. The summed E-state index contributed by atoms with van der Waals surface area (Å²) in [6.07, 6.45) is 4.15. The predicted octanol–water partition coefficient (Wildman–Crippen LogP) is 2.77. The summed E-state index contributed by atoms with van der Waals surface area (Å²) < 4.78 is 5.84. The molecular formula is C27H31N3O4. The zero-order valence-electron chi connectivity index (χ0n) is 19.5. The summed E-state index contributed by atoms with van der Waals surface area (Å²) in [6.45, 7) is 4.18. The van der Waals surface area contributed by atoms with Gasteiger partial charge in [-0.3, -0.25) is 19.3 Å². The number of carbonyl (C=O) groups excluding carboxylic acids is 3. The van der Waals surface area contributed by atoms with Crippen LogP contribution in [0.25, 0.3) is 0 Å². The van der Waals surface area contributed by atoms with Gasteiger partial charge in [0.15, 0.2) is 5.78 Å². The Balaban J connectivity index is 1.22. The third-order valence-electron chi connectivity index (χ3n) is 6.99. The second-order valence-electron chi connectivity index (χ2n) is 9.41. The van der Waals surface area contributed by atoms with Crippen LogP contribution in [0, 0.1) is 0 Å². The second-order valence-corrected chi connectivity index (χ2v) is 9.41. The van der Waals surface area contributed by atoms with Crippen molar-refractivity contribution in [2.24, 2.45) is 0 Å². The van der Waals surface area contributed by atoms with E-state index in [4.69, 9.17) is 4.74 Å². The van der Waals surface area contributed by atoms with Crippen LogP contribution in [0.5, 0.6) is 5.75 Å². The minimum atomic E-state index is -0.221. The van der Waals surface area contributed by atoms with Crippen molar-refractivity contribution in [3.63, 3.8) is 0 Å². The van der Waals surface area contributed by atoms with E-state index in [1.165, 1.54) is 11.1 Å². The molecule has 3 aliphatic rings. The van der Waals surface area contributed by atoms with Gasteiger partial charge in [0.05, 0.1) is 25.2 Å². The predicted molar refractivity (Wildman–Crippen MR) is 128 cm³/mol. The molecule has 34 heavy (non-hydrogen) atoms. The fourth-order valence-corrected chi connectivity index (χ4v) is 5.12. The SMILES string of the molecule is O=C(CN1CCc2ccccc2C1)CN1CCOc2cc(C(=O)N3CCCCC3)ccc2C1=O. The molecule has 1 fully saturated rings. The quantitative estimate of drug-likeness (QED) is 0.685. The van der Waals surface area contributed by atoms with Crippen molar-refractivity contribution >= 4 is 17.6 Å². The van der Waals surface area contributed by atoms with Crippen LogP contribution in [0.3, 0.4) is 0 Å². The highest BCUT2D eigenvalue weighted by atomic mass is 16.5. The molecular weight excluding hydrogens is 430 g/mol. The molecule has 3 heterocycles. The first kappa shape index (κ1) is 22.6. The van der Waals surface area contributed by atoms with Gasteiger partial charge in [-0.1, -0.05) is 24.3 Å². The summed E-state index contributed by atoms with van der Waals surface area (Å²) in [6, 6.07) is 13.4. The Hall–Kier alpha value is -3.19. The number of carbonyl (C=O) groups is 3. The highest BCUT2D eigenvalue weighted by Crippen LogP contribution is 2.26. The lowest BCUT2D eigenvalue weighted by Gasteiger charge is -2.29. The van der Waals surface area contributed by atoms with Crippen LogP contribution in [-0.4, -0.2) is 78.2 Å². The highest BCUT2D eigenvalue weighted by molar-refractivity contribution is 6.02. The van der Waals surface area contributed by atoms with Gasteiger partial charge >= 0.3 is 0 Å². The van der Waals surface area contributed by atoms with Crippen molar-refractivity contribution in [2.75, 3.05) is 45.9 Å². The fourth-order valence-electron chi connectivity index (χ4n) is 5.12. The van der Waals surface area contributed by atoms with E-state index >= 15 is 0 Å². The van der Waals surface area contributed by atoms with E-state index in [2.05, 4.69) is 23.1 Å². The Morgan fingerprint density at radius 1 is 0.882 bits per heavy atom. The van der Waals surface area contributed by atoms with Crippen molar-refractivity contribution in [2.45, 2.75) is 32.2 Å². The van der Waals surface area contributed by atoms with Crippen LogP contribution in [0.1, 0.15) is 51.1 Å². The maximum absolute atomic E-state index is 13.2. The van der Waals surface area contributed by atoms with E-state index in [0.717, 1.165) is 51.9 Å². The van der Waals surface area contributed by atoms with E-state index in [0.29, 0.717) is 36.6 Å². The van der Waals surface area contributed by atoms with Gasteiger partial charge in [-0.25, -0.2) is 0 Å². The number of hydrogen-bond acceptors (Lipinski definition) is 5. The molecule has 0 aromatic heterocycles. The van der Waals surface area contributed by atoms with Crippen molar-refractivity contribution in [3.8, 4) is 5.75 Å². The Morgan fingerprint density at radius 2 is 1.68 bits per heavy atom. The summed E-state index contributed by atoms with van der Waals surface area (Å²) >= 11 is 0. The Bertz CT molecular complexity index is 1090. The maximum atomic E-state index is 13.2. The number of hydrogen-bond donors (Lipinski definition) is 0. The number of fused-ring (bicyclic) bond motifs is 2. The average molecular weight is 462 g/mol. The number of Topliss-reactive ketones (excluding diaryl/α,β-unsaturated/α-hetero) is 1. The van der Waals surface area contributed by atoms with Gasteiger partial charge in [0.25, 0.3) is 11.8 Å². The molecule has 3 aliphatic heterocycles. The topological polar surface area (TPSA) is 70.2 Å². The normalized spacial score (nSPS) is 18.5. The van der Waals surface area contributed by atoms with Gasteiger partial charge in [0.1, 0.15) is 12.4 Å². The number of nitrogens with zero attached hydrogens (tertiary/aromatic N) is 3. The lowest BCUT2D eigenvalue weighted by Crippen LogP contribution is -2.42. The monoisotopic (exact) mass is 461 g/mol. The third kappa shape index (κ3) is 4.85. The molecule has 0 radical (unpaired) electrons. The summed E-state index contributed by atoms with van der Waals surface area (Å²) in [5.74, 6) is 0.211. The number of likely N-dealkylation sites (tertiary alicyclic amines) is 1. The smallest absolute Gasteiger partial charge is 0.258 e. The van der Waals surface area contributed by atoms with E-state index in [1.807, 2.05) is 11.0 Å². The molecule has 0 spiro atoms. The molecule has 2 amide bonds. The van der Waals surface area contributed by atoms with Gasteiger partial charge in [-0.2, -0.15) is 0 Å². The van der Waals surface area contributed by atoms with Crippen LogP contribution in [0.2, 0.25) is 0 Å². The van der Waals surface area contributed by atoms with Crippen molar-refractivity contribution in [1.29, 1.82) is 0 Å².